The molecule has 3 N–H and O–H groups in total. The zero-order valence-corrected chi connectivity index (χ0v) is 20.0. The van der Waals surface area contributed by atoms with Gasteiger partial charge in [0.15, 0.2) is 5.78 Å². The number of benzene rings is 2. The van der Waals surface area contributed by atoms with Gasteiger partial charge in [0.05, 0.1) is 33.8 Å². The highest BCUT2D eigenvalue weighted by Crippen LogP contribution is 2.53. The van der Waals surface area contributed by atoms with E-state index in [2.05, 4.69) is 0 Å². The minimum atomic E-state index is -4.71. The first-order valence-corrected chi connectivity index (χ1v) is 12.7. The van der Waals surface area contributed by atoms with Crippen molar-refractivity contribution in [2.75, 3.05) is 17.7 Å². The smallest absolute Gasteiger partial charge is 0.416 e. The number of carbonyl (C=O) groups excluding carboxylic acids is 2. The van der Waals surface area contributed by atoms with Crippen LogP contribution in [0.15, 0.2) is 58.6 Å². The summed E-state index contributed by atoms with van der Waals surface area (Å²) in [7, 11) is -3.53. The van der Waals surface area contributed by atoms with Crippen LogP contribution in [0.3, 0.4) is 0 Å². The van der Waals surface area contributed by atoms with Crippen molar-refractivity contribution in [1.29, 1.82) is 5.26 Å². The number of carboxylic acid groups (broad SMARTS) is 1. The number of carbonyl (C=O) groups is 3. The molecule has 37 heavy (non-hydrogen) atoms. The third kappa shape index (κ3) is 4.78. The summed E-state index contributed by atoms with van der Waals surface area (Å²) in [6.45, 7) is -0.939. The normalized spacial score (nSPS) is 18.7. The van der Waals surface area contributed by atoms with E-state index < -0.39 is 52.7 Å². The van der Waals surface area contributed by atoms with E-state index in [1.807, 2.05) is 6.07 Å². The fraction of sp³-hybridized carbons (Fsp3) is 0.250. The molecule has 0 spiro atoms. The summed E-state index contributed by atoms with van der Waals surface area (Å²) in [5, 5.41) is 18.9. The number of aliphatic carboxylic acids is 1. The summed E-state index contributed by atoms with van der Waals surface area (Å²) in [4.78, 5) is 40.1. The molecule has 2 aliphatic rings. The van der Waals surface area contributed by atoms with Gasteiger partial charge >= 0.3 is 18.2 Å². The predicted molar refractivity (Wildman–Crippen MR) is 126 cm³/mol. The summed E-state index contributed by atoms with van der Waals surface area (Å²) in [5.74, 6) is -1.93. The first kappa shape index (κ1) is 26.2. The van der Waals surface area contributed by atoms with Crippen molar-refractivity contribution in [2.45, 2.75) is 30.0 Å². The third-order valence-corrected chi connectivity index (χ3v) is 7.27. The summed E-state index contributed by atoms with van der Waals surface area (Å²) in [6.07, 6.45) is -3.71. The number of Topliss-reactive ketones (excluding diaryl/α,β-unsaturated/α-hetero) is 1. The molecule has 1 heterocycles. The average Bonchev–Trinajstić information content (AvgIpc) is 3.18. The van der Waals surface area contributed by atoms with Crippen LogP contribution >= 0.6 is 10.6 Å². The highest BCUT2D eigenvalue weighted by molar-refractivity contribution is 8.23. The molecule has 1 aliphatic heterocycles. The van der Waals surface area contributed by atoms with Gasteiger partial charge in [0.25, 0.3) is 0 Å². The minimum Gasteiger partial charge on any atom is -0.480 e. The van der Waals surface area contributed by atoms with Gasteiger partial charge in [-0.1, -0.05) is 12.1 Å². The van der Waals surface area contributed by atoms with Crippen molar-refractivity contribution < 1.29 is 41.8 Å². The Hall–Kier alpha value is -3.86. The van der Waals surface area contributed by atoms with Crippen LogP contribution in [0.25, 0.3) is 0 Å². The van der Waals surface area contributed by atoms with Crippen molar-refractivity contribution in [3.63, 3.8) is 0 Å². The molecule has 0 saturated carbocycles. The quantitative estimate of drug-likeness (QED) is 0.489. The Morgan fingerprint density at radius 3 is 2.46 bits per heavy atom. The highest BCUT2D eigenvalue weighted by Gasteiger charge is 2.48. The van der Waals surface area contributed by atoms with E-state index in [4.69, 9.17) is 0 Å². The molecule has 1 unspecified atom stereocenters. The Balaban J connectivity index is 2.00. The van der Waals surface area contributed by atoms with Gasteiger partial charge < -0.3 is 10.0 Å². The van der Waals surface area contributed by atoms with Gasteiger partial charge in [-0.2, -0.15) is 29.0 Å². The molecule has 1 aliphatic carbocycles. The molecule has 0 bridgehead atoms. The molecule has 9 nitrogen and oxygen atoms in total. The van der Waals surface area contributed by atoms with Crippen molar-refractivity contribution in [3.8, 4) is 6.07 Å². The van der Waals surface area contributed by atoms with E-state index in [1.165, 1.54) is 24.3 Å². The predicted octanol–water partition coefficient (Wildman–Crippen LogP) is 5.00. The second-order valence-corrected chi connectivity index (χ2v) is 10.7. The second kappa shape index (κ2) is 9.22. The number of rotatable bonds is 5. The van der Waals surface area contributed by atoms with Gasteiger partial charge in [0.1, 0.15) is 6.54 Å². The molecular weight excluding hydrogens is 515 g/mol. The third-order valence-electron chi connectivity index (χ3n) is 6.08. The summed E-state index contributed by atoms with van der Waals surface area (Å²) in [6, 6.07) is 7.22. The first-order chi connectivity index (χ1) is 17.2. The zero-order valence-electron chi connectivity index (χ0n) is 19.2. The molecule has 2 amide bonds. The van der Waals surface area contributed by atoms with Crippen LogP contribution in [0.4, 0.5) is 23.7 Å². The number of amides is 2. The van der Waals surface area contributed by atoms with E-state index in [-0.39, 0.29) is 45.8 Å². The zero-order chi connectivity index (χ0) is 27.3. The number of nitrogens with zero attached hydrogens (tertiary/aromatic N) is 3. The van der Waals surface area contributed by atoms with Crippen LogP contribution in [-0.4, -0.2) is 49.7 Å². The Morgan fingerprint density at radius 2 is 1.86 bits per heavy atom. The van der Waals surface area contributed by atoms with Gasteiger partial charge in [-0.3, -0.25) is 23.6 Å². The van der Waals surface area contributed by atoms with Crippen LogP contribution in [0.1, 0.15) is 35.6 Å². The Labute approximate surface area is 210 Å². The van der Waals surface area contributed by atoms with Crippen molar-refractivity contribution in [2.24, 2.45) is 0 Å². The number of hydrogen-bond acceptors (Lipinski definition) is 6. The summed E-state index contributed by atoms with van der Waals surface area (Å²) < 4.78 is 61.1. The Morgan fingerprint density at radius 1 is 1.16 bits per heavy atom. The Kier molecular flexibility index (Phi) is 6.53. The Bertz CT molecular complexity index is 1390. The number of ketones is 1. The molecule has 13 heteroatoms. The number of nitriles is 1. The summed E-state index contributed by atoms with van der Waals surface area (Å²) >= 11 is 0. The van der Waals surface area contributed by atoms with Crippen molar-refractivity contribution >= 4 is 34.1 Å². The number of alkyl halides is 3. The van der Waals surface area contributed by atoms with Gasteiger partial charge in [-0.25, -0.2) is 4.79 Å². The van der Waals surface area contributed by atoms with Crippen molar-refractivity contribution in [3.05, 3.63) is 70.4 Å². The number of allylic oxidation sites excluding steroid dienone is 1. The molecule has 0 fully saturated rings. The van der Waals surface area contributed by atoms with Gasteiger partial charge in [0, 0.05) is 29.5 Å². The van der Waals surface area contributed by atoms with Crippen LogP contribution in [0.2, 0.25) is 0 Å². The second-order valence-electron chi connectivity index (χ2n) is 8.57. The molecule has 2 aromatic carbocycles. The standard InChI is InChI=1S/C24H20F3N3O6S/c1-37(35,36)19-9-13(11-28)5-6-16(19)22-21-17(7-8-18(21)31)30(23(34)29(22)12-20(32)33)15-4-2-3-14(10-15)24(25,26)27/h2-6,9-10,22,35-36H,7-8,12H2,1H3,(H,32,33). The molecular formula is C24H20F3N3O6S. The molecule has 1 atom stereocenters. The highest BCUT2D eigenvalue weighted by atomic mass is 32.3. The number of hydrogen-bond donors (Lipinski definition) is 3. The van der Waals surface area contributed by atoms with E-state index in [1.54, 1.807) is 0 Å². The van der Waals surface area contributed by atoms with Gasteiger partial charge in [-0.05, 0) is 36.8 Å². The number of anilines is 1. The summed E-state index contributed by atoms with van der Waals surface area (Å²) in [5.41, 5.74) is -1.08. The molecule has 0 saturated heterocycles. The van der Waals surface area contributed by atoms with E-state index in [0.717, 1.165) is 34.3 Å². The number of carboxylic acids is 1. The SMILES string of the molecule is CS(O)(O)c1cc(C#N)ccc1C1C2=C(CCC2=O)N(c2cccc(C(F)(F)F)c2)C(=O)N1CC(=O)O. The lowest BCUT2D eigenvalue weighted by Gasteiger charge is -2.43. The largest absolute Gasteiger partial charge is 0.480 e. The fourth-order valence-electron chi connectivity index (χ4n) is 4.60. The fourth-order valence-corrected chi connectivity index (χ4v) is 5.57. The maximum atomic E-state index is 13.7. The van der Waals surface area contributed by atoms with Crippen LogP contribution < -0.4 is 4.90 Å². The molecule has 0 radical (unpaired) electrons. The maximum absolute atomic E-state index is 13.7. The molecule has 2 aromatic rings. The number of urea groups is 1. The average molecular weight is 536 g/mol. The monoisotopic (exact) mass is 535 g/mol. The molecule has 0 aromatic heterocycles. The maximum Gasteiger partial charge on any atom is 0.416 e. The molecule has 194 valence electrons. The lowest BCUT2D eigenvalue weighted by molar-refractivity contribution is -0.138. The van der Waals surface area contributed by atoms with Crippen LogP contribution in [-0.2, 0) is 15.8 Å². The lowest BCUT2D eigenvalue weighted by atomic mass is 9.92. The van der Waals surface area contributed by atoms with Crippen LogP contribution in [0, 0.1) is 11.3 Å². The first-order valence-electron chi connectivity index (χ1n) is 10.8. The van der Waals surface area contributed by atoms with E-state index in [0.29, 0.717) is 0 Å². The van der Waals surface area contributed by atoms with Gasteiger partial charge in [0.2, 0.25) is 0 Å². The van der Waals surface area contributed by atoms with Gasteiger partial charge in [-0.15, -0.1) is 0 Å². The van der Waals surface area contributed by atoms with E-state index in [9.17, 15) is 47.0 Å². The van der Waals surface area contributed by atoms with E-state index >= 15 is 0 Å². The van der Waals surface area contributed by atoms with Crippen LogP contribution in [0.5, 0.6) is 0 Å². The topological polar surface area (TPSA) is 142 Å². The lowest BCUT2D eigenvalue weighted by Crippen LogP contribution is -2.51. The number of halogens is 3. The molecule has 4 rings (SSSR count). The minimum absolute atomic E-state index is 0.00154. The van der Waals surface area contributed by atoms with Crippen molar-refractivity contribution in [1.82, 2.24) is 4.90 Å².